The number of hydrogen-bond acceptors (Lipinski definition) is 2. The highest BCUT2D eigenvalue weighted by molar-refractivity contribution is 9.10. The number of amides is 2. The summed E-state index contributed by atoms with van der Waals surface area (Å²) >= 11 is 3.21. The molecule has 0 aliphatic carbocycles. The highest BCUT2D eigenvalue weighted by Crippen LogP contribution is 2.21. The minimum atomic E-state index is -1.08. The number of nitrogens with two attached hydrogens (primary N) is 1. The number of rotatable bonds is 3. The molecule has 0 radical (unpaired) electrons. The topological polar surface area (TPSA) is 77.1 Å². The molecule has 0 atom stereocenters. The summed E-state index contributed by atoms with van der Waals surface area (Å²) in [6.07, 6.45) is 1.64. The average molecular weight is 358 g/mol. The van der Waals surface area contributed by atoms with Crippen LogP contribution in [-0.2, 0) is 7.05 Å². The van der Waals surface area contributed by atoms with Crippen LogP contribution in [0.3, 0.4) is 0 Å². The van der Waals surface area contributed by atoms with Crippen LogP contribution in [0.2, 0.25) is 0 Å². The minimum absolute atomic E-state index is 0.256. The van der Waals surface area contributed by atoms with Gasteiger partial charge in [-0.15, -0.1) is 0 Å². The summed E-state index contributed by atoms with van der Waals surface area (Å²) in [4.78, 5) is 23.1. The van der Waals surface area contributed by atoms with E-state index in [9.17, 15) is 18.4 Å². The number of hydrogen-bond donors (Lipinski definition) is 2. The van der Waals surface area contributed by atoms with Crippen LogP contribution < -0.4 is 11.1 Å². The van der Waals surface area contributed by atoms with E-state index in [0.29, 0.717) is 10.5 Å². The normalized spacial score (nSPS) is 10.5. The van der Waals surface area contributed by atoms with Crippen LogP contribution in [0, 0.1) is 11.6 Å². The Kier molecular flexibility index (Phi) is 4.08. The zero-order chi connectivity index (χ0) is 15.7. The van der Waals surface area contributed by atoms with E-state index in [2.05, 4.69) is 21.2 Å². The van der Waals surface area contributed by atoms with E-state index in [4.69, 9.17) is 5.73 Å². The predicted octanol–water partition coefficient (Wildman–Crippen LogP) is 2.42. The molecule has 2 amide bonds. The van der Waals surface area contributed by atoms with Crippen molar-refractivity contribution in [2.24, 2.45) is 12.8 Å². The summed E-state index contributed by atoms with van der Waals surface area (Å²) in [6, 6.07) is 2.89. The first-order valence-electron chi connectivity index (χ1n) is 5.71. The molecule has 8 heteroatoms. The number of anilines is 1. The van der Waals surface area contributed by atoms with Crippen molar-refractivity contribution in [1.29, 1.82) is 0 Å². The van der Waals surface area contributed by atoms with E-state index in [0.717, 1.165) is 6.07 Å². The summed E-state index contributed by atoms with van der Waals surface area (Å²) in [5, 5.41) is 2.27. The molecule has 0 saturated carbocycles. The molecule has 0 aliphatic heterocycles. The number of primary amides is 1. The molecule has 110 valence electrons. The highest BCUT2D eigenvalue weighted by atomic mass is 79.9. The lowest BCUT2D eigenvalue weighted by Crippen LogP contribution is -2.18. The standard InChI is InChI=1S/C13H10BrF2N3O2/c1-19-5-6(14)2-11(19)13(21)18-10-3-7(12(17)20)8(15)4-9(10)16/h2-5H,1H3,(H2,17,20)(H,18,21). The number of carbonyl (C=O) groups excluding carboxylic acids is 2. The number of nitrogens with one attached hydrogen (secondary N) is 1. The fraction of sp³-hybridized carbons (Fsp3) is 0.0769. The summed E-state index contributed by atoms with van der Waals surface area (Å²) < 4.78 is 29.2. The molecular formula is C13H10BrF2N3O2. The predicted molar refractivity (Wildman–Crippen MR) is 75.9 cm³/mol. The first kappa shape index (κ1) is 15.2. The smallest absolute Gasteiger partial charge is 0.272 e. The maximum absolute atomic E-state index is 13.7. The second-order valence-electron chi connectivity index (χ2n) is 4.28. The Hall–Kier alpha value is -2.22. The second kappa shape index (κ2) is 5.65. The molecule has 0 aliphatic rings. The molecule has 2 rings (SSSR count). The molecule has 3 N–H and O–H groups in total. The Morgan fingerprint density at radius 3 is 2.43 bits per heavy atom. The van der Waals surface area contributed by atoms with Gasteiger partial charge in [0.25, 0.3) is 11.8 Å². The van der Waals surface area contributed by atoms with Crippen molar-refractivity contribution in [3.8, 4) is 0 Å². The summed E-state index contributed by atoms with van der Waals surface area (Å²) in [5.41, 5.74) is 4.41. The largest absolute Gasteiger partial charge is 0.366 e. The molecule has 1 aromatic carbocycles. The fourth-order valence-corrected chi connectivity index (χ4v) is 2.29. The van der Waals surface area contributed by atoms with Crippen molar-refractivity contribution in [2.75, 3.05) is 5.32 Å². The average Bonchev–Trinajstić information content (AvgIpc) is 2.71. The van der Waals surface area contributed by atoms with Gasteiger partial charge in [-0.1, -0.05) is 0 Å². The third-order valence-electron chi connectivity index (χ3n) is 2.77. The Morgan fingerprint density at radius 1 is 1.24 bits per heavy atom. The molecule has 21 heavy (non-hydrogen) atoms. The van der Waals surface area contributed by atoms with Gasteiger partial charge in [-0.25, -0.2) is 8.78 Å². The maximum Gasteiger partial charge on any atom is 0.272 e. The number of carbonyl (C=O) groups is 2. The van der Waals surface area contributed by atoms with Crippen molar-refractivity contribution < 1.29 is 18.4 Å². The first-order chi connectivity index (χ1) is 9.79. The van der Waals surface area contributed by atoms with Gasteiger partial charge in [-0.2, -0.15) is 0 Å². The van der Waals surface area contributed by atoms with Crippen LogP contribution in [0.4, 0.5) is 14.5 Å². The molecular weight excluding hydrogens is 348 g/mol. The molecule has 0 spiro atoms. The first-order valence-corrected chi connectivity index (χ1v) is 6.51. The molecule has 0 saturated heterocycles. The lowest BCUT2D eigenvalue weighted by Gasteiger charge is -2.09. The summed E-state index contributed by atoms with van der Waals surface area (Å²) in [5.74, 6) is -3.74. The SMILES string of the molecule is Cn1cc(Br)cc1C(=O)Nc1cc(C(N)=O)c(F)cc1F. The Balaban J connectivity index is 2.35. The fourth-order valence-electron chi connectivity index (χ4n) is 1.77. The van der Waals surface area contributed by atoms with E-state index < -0.39 is 29.0 Å². The quantitative estimate of drug-likeness (QED) is 0.884. The Morgan fingerprint density at radius 2 is 1.90 bits per heavy atom. The molecule has 0 unspecified atom stereocenters. The van der Waals surface area contributed by atoms with E-state index >= 15 is 0 Å². The summed E-state index contributed by atoms with van der Waals surface area (Å²) in [6.45, 7) is 0. The second-order valence-corrected chi connectivity index (χ2v) is 5.20. The van der Waals surface area contributed by atoms with Gasteiger partial charge in [0, 0.05) is 23.8 Å². The van der Waals surface area contributed by atoms with Crippen molar-refractivity contribution in [2.45, 2.75) is 0 Å². The Bertz CT molecular complexity index is 743. The number of aromatic nitrogens is 1. The molecule has 1 heterocycles. The highest BCUT2D eigenvalue weighted by Gasteiger charge is 2.17. The summed E-state index contributed by atoms with van der Waals surface area (Å²) in [7, 11) is 1.63. The van der Waals surface area contributed by atoms with Crippen molar-refractivity contribution >= 4 is 33.4 Å². The van der Waals surface area contributed by atoms with Gasteiger partial charge in [0.2, 0.25) is 0 Å². The zero-order valence-electron chi connectivity index (χ0n) is 10.8. The van der Waals surface area contributed by atoms with Crippen LogP contribution in [0.25, 0.3) is 0 Å². The molecule has 5 nitrogen and oxygen atoms in total. The lowest BCUT2D eigenvalue weighted by molar-refractivity contribution is 0.0991. The molecule has 2 aromatic rings. The zero-order valence-corrected chi connectivity index (χ0v) is 12.4. The Labute approximate surface area is 126 Å². The van der Waals surface area contributed by atoms with Crippen molar-refractivity contribution in [1.82, 2.24) is 4.57 Å². The van der Waals surface area contributed by atoms with Gasteiger partial charge in [-0.05, 0) is 28.1 Å². The molecule has 0 bridgehead atoms. The molecule has 1 aromatic heterocycles. The third kappa shape index (κ3) is 3.10. The number of benzene rings is 1. The van der Waals surface area contributed by atoms with Gasteiger partial charge in [-0.3, -0.25) is 9.59 Å². The van der Waals surface area contributed by atoms with Gasteiger partial charge in [0.1, 0.15) is 17.3 Å². The third-order valence-corrected chi connectivity index (χ3v) is 3.21. The van der Waals surface area contributed by atoms with Crippen LogP contribution in [0.1, 0.15) is 20.8 Å². The van der Waals surface area contributed by atoms with Crippen LogP contribution >= 0.6 is 15.9 Å². The number of halogens is 3. The van der Waals surface area contributed by atoms with Gasteiger partial charge in [0.15, 0.2) is 0 Å². The van der Waals surface area contributed by atoms with Gasteiger partial charge >= 0.3 is 0 Å². The number of aryl methyl sites for hydroxylation is 1. The van der Waals surface area contributed by atoms with E-state index in [1.165, 1.54) is 10.6 Å². The van der Waals surface area contributed by atoms with Crippen LogP contribution in [-0.4, -0.2) is 16.4 Å². The maximum atomic E-state index is 13.7. The van der Waals surface area contributed by atoms with E-state index in [1.54, 1.807) is 13.2 Å². The minimum Gasteiger partial charge on any atom is -0.366 e. The monoisotopic (exact) mass is 357 g/mol. The van der Waals surface area contributed by atoms with E-state index in [-0.39, 0.29) is 11.4 Å². The number of nitrogens with zero attached hydrogens (tertiary/aromatic N) is 1. The van der Waals surface area contributed by atoms with Crippen molar-refractivity contribution in [3.05, 3.63) is 51.8 Å². The van der Waals surface area contributed by atoms with E-state index in [1.807, 2.05) is 0 Å². The lowest BCUT2D eigenvalue weighted by atomic mass is 10.1. The van der Waals surface area contributed by atoms with Crippen molar-refractivity contribution in [3.63, 3.8) is 0 Å². The molecule has 0 fully saturated rings. The van der Waals surface area contributed by atoms with Crippen LogP contribution in [0.5, 0.6) is 0 Å². The van der Waals surface area contributed by atoms with Crippen LogP contribution in [0.15, 0.2) is 28.9 Å². The van der Waals surface area contributed by atoms with Gasteiger partial charge in [0.05, 0.1) is 11.3 Å². The van der Waals surface area contributed by atoms with Gasteiger partial charge < -0.3 is 15.6 Å².